The van der Waals surface area contributed by atoms with Gasteiger partial charge in [-0.25, -0.2) is 27.0 Å². The normalized spacial score (nSPS) is 27.2. The number of hydrogen-bond acceptors (Lipinski definition) is 7. The molecule has 0 radical (unpaired) electrons. The molecule has 2 fully saturated rings. The zero-order chi connectivity index (χ0) is 31.7. The van der Waals surface area contributed by atoms with Gasteiger partial charge in [-0.05, 0) is 93.3 Å². The summed E-state index contributed by atoms with van der Waals surface area (Å²) in [6.45, 7) is 1.75. The van der Waals surface area contributed by atoms with Crippen LogP contribution in [0.1, 0.15) is 60.8 Å². The fourth-order valence-electron chi connectivity index (χ4n) is 7.34. The Morgan fingerprint density at radius 1 is 1.11 bits per heavy atom. The van der Waals surface area contributed by atoms with Crippen molar-refractivity contribution in [3.63, 3.8) is 0 Å². The van der Waals surface area contributed by atoms with Crippen molar-refractivity contribution in [2.24, 2.45) is 12.5 Å². The Bertz CT molecular complexity index is 1940. The number of carbonyl (C=O) groups is 1. The highest BCUT2D eigenvalue weighted by Gasteiger charge is 2.54. The Balaban J connectivity index is 1.33. The SMILES string of the molecule is C=S(=O)(c1ncn(C)n1)N(C1CC(C)(O)C1)[C@H]1CCC2=Cc3c(cnn3-c3ccc(F)cc3)C[C@]2(C(=O)c2cc(F)ccn2)C1. The van der Waals surface area contributed by atoms with Crippen LogP contribution in [-0.4, -0.2) is 72.5 Å². The summed E-state index contributed by atoms with van der Waals surface area (Å²) >= 11 is 0. The van der Waals surface area contributed by atoms with Crippen molar-refractivity contribution < 1.29 is 22.9 Å². The molecular formula is C32H33F2N7O3S. The molecule has 3 aliphatic rings. The highest BCUT2D eigenvalue weighted by Crippen LogP contribution is 2.52. The molecule has 4 aromatic rings. The van der Waals surface area contributed by atoms with Gasteiger partial charge in [-0.15, -0.1) is 5.10 Å². The van der Waals surface area contributed by atoms with Gasteiger partial charge in [0.05, 0.1) is 38.3 Å². The van der Waals surface area contributed by atoms with Crippen molar-refractivity contribution in [1.82, 2.24) is 33.8 Å². The molecule has 0 aliphatic heterocycles. The number of hydrogen-bond donors (Lipinski definition) is 1. The fourth-order valence-corrected chi connectivity index (χ4v) is 9.29. The topological polar surface area (TPSA) is 119 Å². The largest absolute Gasteiger partial charge is 0.390 e. The molecule has 1 aromatic carbocycles. The summed E-state index contributed by atoms with van der Waals surface area (Å²) in [5.41, 5.74) is 1.07. The van der Waals surface area contributed by atoms with E-state index in [9.17, 15) is 22.9 Å². The van der Waals surface area contributed by atoms with Crippen LogP contribution >= 0.6 is 0 Å². The Hall–Kier alpha value is -4.07. The Morgan fingerprint density at radius 2 is 1.87 bits per heavy atom. The van der Waals surface area contributed by atoms with E-state index in [4.69, 9.17) is 0 Å². The number of pyridine rings is 1. The summed E-state index contributed by atoms with van der Waals surface area (Å²) in [6.07, 6.45) is 8.73. The molecule has 234 valence electrons. The monoisotopic (exact) mass is 633 g/mol. The predicted octanol–water partition coefficient (Wildman–Crippen LogP) is 3.94. The molecule has 3 heterocycles. The molecule has 10 nitrogen and oxygen atoms in total. The molecule has 7 rings (SSSR count). The number of rotatable bonds is 7. The van der Waals surface area contributed by atoms with Gasteiger partial charge < -0.3 is 5.11 Å². The molecule has 0 bridgehead atoms. The molecular weight excluding hydrogens is 600 g/mol. The van der Waals surface area contributed by atoms with Gasteiger partial charge in [0, 0.05) is 31.4 Å². The number of nitrogens with zero attached hydrogens (tertiary/aromatic N) is 7. The van der Waals surface area contributed by atoms with Crippen LogP contribution in [-0.2, 0) is 23.2 Å². The molecule has 3 atom stereocenters. The van der Waals surface area contributed by atoms with Crippen LogP contribution in [0, 0.1) is 17.0 Å². The molecule has 1 unspecified atom stereocenters. The number of fused-ring (bicyclic) bond motifs is 2. The third-order valence-electron chi connectivity index (χ3n) is 9.37. The number of carbonyl (C=O) groups excluding carboxylic acids is 1. The smallest absolute Gasteiger partial charge is 0.244 e. The zero-order valence-corrected chi connectivity index (χ0v) is 25.8. The minimum absolute atomic E-state index is 0.0100. The van der Waals surface area contributed by atoms with Crippen molar-refractivity contribution in [2.75, 3.05) is 0 Å². The number of Topliss-reactive ketones (excluding diaryl/α,β-unsaturated/α-hetero) is 1. The average Bonchev–Trinajstić information content (AvgIpc) is 3.61. The first-order valence-corrected chi connectivity index (χ1v) is 16.5. The summed E-state index contributed by atoms with van der Waals surface area (Å²) < 4.78 is 47.7. The lowest BCUT2D eigenvalue weighted by Gasteiger charge is -2.53. The van der Waals surface area contributed by atoms with Crippen molar-refractivity contribution in [3.05, 3.63) is 89.3 Å². The van der Waals surface area contributed by atoms with E-state index >= 15 is 0 Å². The second kappa shape index (κ2) is 10.5. The molecule has 0 spiro atoms. The Labute approximate surface area is 259 Å². The summed E-state index contributed by atoms with van der Waals surface area (Å²) in [6, 6.07) is 7.70. The van der Waals surface area contributed by atoms with Gasteiger partial charge in [0.1, 0.15) is 23.7 Å². The minimum atomic E-state index is -3.22. The highest BCUT2D eigenvalue weighted by molar-refractivity contribution is 7.98. The van der Waals surface area contributed by atoms with Gasteiger partial charge in [-0.3, -0.25) is 14.5 Å². The number of benzene rings is 1. The first-order valence-electron chi connectivity index (χ1n) is 14.8. The maximum atomic E-state index is 14.6. The lowest BCUT2D eigenvalue weighted by molar-refractivity contribution is -0.0680. The Morgan fingerprint density at radius 3 is 2.53 bits per heavy atom. The number of aromatic nitrogens is 6. The number of aliphatic hydroxyl groups is 1. The van der Waals surface area contributed by atoms with E-state index in [-0.39, 0.29) is 41.3 Å². The second-order valence-electron chi connectivity index (χ2n) is 12.7. The molecule has 13 heteroatoms. The lowest BCUT2D eigenvalue weighted by Crippen LogP contribution is -2.60. The first-order chi connectivity index (χ1) is 21.4. The van der Waals surface area contributed by atoms with E-state index in [0.29, 0.717) is 31.4 Å². The van der Waals surface area contributed by atoms with Gasteiger partial charge in [0.15, 0.2) is 5.78 Å². The first kappa shape index (κ1) is 29.6. The van der Waals surface area contributed by atoms with Crippen LogP contribution in [0.4, 0.5) is 8.78 Å². The number of ketones is 1. The van der Waals surface area contributed by atoms with E-state index in [1.807, 2.05) is 10.4 Å². The predicted molar refractivity (Wildman–Crippen MR) is 164 cm³/mol. The van der Waals surface area contributed by atoms with Crippen LogP contribution in [0.5, 0.6) is 0 Å². The Kier molecular flexibility index (Phi) is 6.91. The van der Waals surface area contributed by atoms with Crippen molar-refractivity contribution in [3.8, 4) is 5.69 Å². The highest BCUT2D eigenvalue weighted by atomic mass is 32.2. The van der Waals surface area contributed by atoms with E-state index in [2.05, 4.69) is 26.0 Å². The summed E-state index contributed by atoms with van der Waals surface area (Å²) in [7, 11) is -1.53. The van der Waals surface area contributed by atoms with E-state index in [1.165, 1.54) is 35.4 Å². The molecule has 3 aliphatic carbocycles. The summed E-state index contributed by atoms with van der Waals surface area (Å²) in [4.78, 5) is 23.1. The third-order valence-corrected chi connectivity index (χ3v) is 11.4. The summed E-state index contributed by atoms with van der Waals surface area (Å²) in [5, 5.41) is 19.7. The molecule has 2 saturated carbocycles. The van der Waals surface area contributed by atoms with Crippen LogP contribution in [0.2, 0.25) is 0 Å². The fraction of sp³-hybridized carbons (Fsp3) is 0.375. The summed E-state index contributed by atoms with van der Waals surface area (Å²) in [5.74, 6) is 2.88. The second-order valence-corrected chi connectivity index (χ2v) is 14.8. The molecule has 0 saturated heterocycles. The van der Waals surface area contributed by atoms with Crippen LogP contribution in [0.15, 0.2) is 65.8 Å². The lowest BCUT2D eigenvalue weighted by atomic mass is 9.60. The quantitative estimate of drug-likeness (QED) is 0.242. The van der Waals surface area contributed by atoms with E-state index in [0.717, 1.165) is 22.9 Å². The van der Waals surface area contributed by atoms with Gasteiger partial charge in [0.25, 0.3) is 0 Å². The maximum absolute atomic E-state index is 14.6. The van der Waals surface area contributed by atoms with E-state index < -0.39 is 32.6 Å². The van der Waals surface area contributed by atoms with Crippen LogP contribution < -0.4 is 0 Å². The molecule has 0 amide bonds. The van der Waals surface area contributed by atoms with Gasteiger partial charge in [0.2, 0.25) is 5.16 Å². The number of halogens is 2. The molecule has 3 aromatic heterocycles. The third kappa shape index (κ3) is 5.02. The van der Waals surface area contributed by atoms with E-state index in [1.54, 1.807) is 37.0 Å². The minimum Gasteiger partial charge on any atom is -0.390 e. The van der Waals surface area contributed by atoms with Crippen LogP contribution in [0.25, 0.3) is 11.8 Å². The van der Waals surface area contributed by atoms with Gasteiger partial charge >= 0.3 is 0 Å². The maximum Gasteiger partial charge on any atom is 0.244 e. The van der Waals surface area contributed by atoms with Crippen molar-refractivity contribution in [2.45, 2.75) is 68.3 Å². The number of aryl methyl sites for hydroxylation is 1. The molecule has 45 heavy (non-hydrogen) atoms. The molecule has 1 N–H and O–H groups in total. The van der Waals surface area contributed by atoms with Crippen LogP contribution in [0.3, 0.4) is 0 Å². The zero-order valence-electron chi connectivity index (χ0n) is 24.9. The number of allylic oxidation sites excluding steroid dienone is 1. The standard InChI is InChI=1S/C32H33F2N7O3S/c1-31(43)15-26(16-31)41(45(3,44)30-36-19-39(2)38-30)25-7-4-21-12-28-20(18-37-40(28)24-8-5-22(33)6-9-24)14-32(21,17-25)29(42)27-13-23(34)10-11-35-27/h5-6,8-13,18-19,25-26,43H,3-4,7,14-17H2,1-2H3/t25-,26?,31?,32-,45?/m0/s1. The van der Waals surface area contributed by atoms with Gasteiger partial charge in [-0.2, -0.15) is 5.10 Å². The van der Waals surface area contributed by atoms with Crippen molar-refractivity contribution in [1.29, 1.82) is 0 Å². The average molecular weight is 634 g/mol. The van der Waals surface area contributed by atoms with Gasteiger partial charge in [-0.1, -0.05) is 5.57 Å². The van der Waals surface area contributed by atoms with Crippen molar-refractivity contribution >= 4 is 27.4 Å².